The number of hydrogen-bond acceptors (Lipinski definition) is 1. The highest BCUT2D eigenvalue weighted by Crippen LogP contribution is 2.29. The molecule has 2 heteroatoms. The summed E-state index contributed by atoms with van der Waals surface area (Å²) in [4.78, 5) is 0. The van der Waals surface area contributed by atoms with E-state index < -0.39 is 0 Å². The van der Waals surface area contributed by atoms with Gasteiger partial charge in [-0.2, -0.15) is 0 Å². The van der Waals surface area contributed by atoms with Crippen molar-refractivity contribution in [3.63, 3.8) is 0 Å². The van der Waals surface area contributed by atoms with Crippen LogP contribution in [0.25, 0.3) is 0 Å². The molecule has 0 spiro atoms. The van der Waals surface area contributed by atoms with E-state index in [9.17, 15) is 0 Å². The van der Waals surface area contributed by atoms with Gasteiger partial charge < -0.3 is 5.32 Å². The summed E-state index contributed by atoms with van der Waals surface area (Å²) in [5, 5.41) is 4.31. The molecule has 1 aliphatic rings. The lowest BCUT2D eigenvalue weighted by atomic mass is 9.96. The maximum atomic E-state index is 5.83. The van der Waals surface area contributed by atoms with E-state index in [2.05, 4.69) is 24.4 Å². The van der Waals surface area contributed by atoms with Crippen molar-refractivity contribution in [2.75, 3.05) is 6.54 Å². The Morgan fingerprint density at radius 1 is 1.31 bits per heavy atom. The third-order valence-electron chi connectivity index (χ3n) is 2.76. The van der Waals surface area contributed by atoms with Crippen LogP contribution in [0.3, 0.4) is 0 Å². The van der Waals surface area contributed by atoms with Crippen molar-refractivity contribution >= 4 is 11.6 Å². The van der Waals surface area contributed by atoms with Crippen molar-refractivity contribution < 1.29 is 0 Å². The molecule has 70 valence electrons. The SMILES string of the molecule is C[C@H]1CCN[C@@H]1c1ccc(Cl)cc1. The summed E-state index contributed by atoms with van der Waals surface area (Å²) in [6, 6.07) is 8.67. The third-order valence-corrected chi connectivity index (χ3v) is 3.01. The molecule has 13 heavy (non-hydrogen) atoms. The van der Waals surface area contributed by atoms with Gasteiger partial charge in [0.05, 0.1) is 0 Å². The summed E-state index contributed by atoms with van der Waals surface area (Å²) in [6.45, 7) is 3.42. The zero-order valence-electron chi connectivity index (χ0n) is 7.76. The molecule has 1 fully saturated rings. The lowest BCUT2D eigenvalue weighted by molar-refractivity contribution is 0.504. The van der Waals surface area contributed by atoms with Crippen molar-refractivity contribution in [3.8, 4) is 0 Å². The van der Waals surface area contributed by atoms with Crippen molar-refractivity contribution in [2.24, 2.45) is 5.92 Å². The molecule has 0 radical (unpaired) electrons. The largest absolute Gasteiger partial charge is 0.310 e. The summed E-state index contributed by atoms with van der Waals surface area (Å²) < 4.78 is 0. The molecule has 1 heterocycles. The van der Waals surface area contributed by atoms with Crippen molar-refractivity contribution in [2.45, 2.75) is 19.4 Å². The first-order chi connectivity index (χ1) is 6.27. The molecular formula is C11H14ClN. The number of benzene rings is 1. The Morgan fingerprint density at radius 3 is 2.54 bits per heavy atom. The predicted molar refractivity (Wildman–Crippen MR) is 56.0 cm³/mol. The van der Waals surface area contributed by atoms with Crippen LogP contribution in [0.5, 0.6) is 0 Å². The highest BCUT2D eigenvalue weighted by molar-refractivity contribution is 6.30. The summed E-state index contributed by atoms with van der Waals surface area (Å²) in [7, 11) is 0. The highest BCUT2D eigenvalue weighted by atomic mass is 35.5. The molecule has 0 amide bonds. The number of rotatable bonds is 1. The zero-order valence-corrected chi connectivity index (χ0v) is 8.51. The van der Waals surface area contributed by atoms with Crippen LogP contribution in [0.1, 0.15) is 24.9 Å². The van der Waals surface area contributed by atoms with Gasteiger partial charge in [0, 0.05) is 11.1 Å². The van der Waals surface area contributed by atoms with E-state index in [0.717, 1.165) is 17.5 Å². The molecule has 0 unspecified atom stereocenters. The molecule has 1 aromatic carbocycles. The van der Waals surface area contributed by atoms with E-state index in [1.165, 1.54) is 12.0 Å². The first-order valence-electron chi connectivity index (χ1n) is 4.76. The Labute approximate surface area is 84.1 Å². The number of nitrogens with one attached hydrogen (secondary N) is 1. The Kier molecular flexibility index (Phi) is 2.56. The smallest absolute Gasteiger partial charge is 0.0406 e. The molecule has 1 nitrogen and oxygen atoms in total. The van der Waals surface area contributed by atoms with Crippen LogP contribution < -0.4 is 5.32 Å². The molecule has 1 aliphatic heterocycles. The molecular weight excluding hydrogens is 182 g/mol. The van der Waals surface area contributed by atoms with E-state index in [0.29, 0.717) is 6.04 Å². The molecule has 0 bridgehead atoms. The monoisotopic (exact) mass is 195 g/mol. The Morgan fingerprint density at radius 2 is 2.00 bits per heavy atom. The summed E-state index contributed by atoms with van der Waals surface area (Å²) in [6.07, 6.45) is 1.27. The van der Waals surface area contributed by atoms with Crippen molar-refractivity contribution in [1.29, 1.82) is 0 Å². The maximum Gasteiger partial charge on any atom is 0.0406 e. The lowest BCUT2D eigenvalue weighted by Crippen LogP contribution is -2.16. The predicted octanol–water partition coefficient (Wildman–Crippen LogP) is 3.01. The van der Waals surface area contributed by atoms with Crippen LogP contribution in [0.2, 0.25) is 5.02 Å². The van der Waals surface area contributed by atoms with Crippen LogP contribution >= 0.6 is 11.6 Å². The van der Waals surface area contributed by atoms with Gasteiger partial charge in [-0.25, -0.2) is 0 Å². The van der Waals surface area contributed by atoms with E-state index in [-0.39, 0.29) is 0 Å². The Balaban J connectivity index is 2.20. The fraction of sp³-hybridized carbons (Fsp3) is 0.455. The van der Waals surface area contributed by atoms with E-state index in [1.54, 1.807) is 0 Å². The molecule has 0 saturated carbocycles. The Hall–Kier alpha value is -0.530. The standard InChI is InChI=1S/C11H14ClN/c1-8-6-7-13-11(8)9-2-4-10(12)5-3-9/h2-5,8,11,13H,6-7H2,1H3/t8-,11-/m0/s1. The second-order valence-corrected chi connectivity index (χ2v) is 4.19. The average molecular weight is 196 g/mol. The minimum atomic E-state index is 0.525. The van der Waals surface area contributed by atoms with Crippen molar-refractivity contribution in [1.82, 2.24) is 5.32 Å². The molecule has 0 aliphatic carbocycles. The fourth-order valence-electron chi connectivity index (χ4n) is 1.95. The highest BCUT2D eigenvalue weighted by Gasteiger charge is 2.23. The summed E-state index contributed by atoms with van der Waals surface area (Å²) >= 11 is 5.83. The Bertz CT molecular complexity index is 281. The lowest BCUT2D eigenvalue weighted by Gasteiger charge is -2.15. The van der Waals surface area contributed by atoms with Gasteiger partial charge >= 0.3 is 0 Å². The normalized spacial score (nSPS) is 27.8. The van der Waals surface area contributed by atoms with Gasteiger partial charge in [0.15, 0.2) is 0 Å². The van der Waals surface area contributed by atoms with Crippen molar-refractivity contribution in [3.05, 3.63) is 34.9 Å². The van der Waals surface area contributed by atoms with Gasteiger partial charge in [-0.05, 0) is 36.6 Å². The molecule has 1 saturated heterocycles. The maximum absolute atomic E-state index is 5.83. The van der Waals surface area contributed by atoms with Gasteiger partial charge in [0.2, 0.25) is 0 Å². The van der Waals surface area contributed by atoms with Crippen LogP contribution in [0, 0.1) is 5.92 Å². The molecule has 2 atom stereocenters. The van der Waals surface area contributed by atoms with Crippen LogP contribution in [-0.4, -0.2) is 6.54 Å². The van der Waals surface area contributed by atoms with Crippen LogP contribution in [0.4, 0.5) is 0 Å². The summed E-state index contributed by atoms with van der Waals surface area (Å²) in [5.74, 6) is 0.737. The van der Waals surface area contributed by atoms with Crippen LogP contribution in [-0.2, 0) is 0 Å². The molecule has 1 N–H and O–H groups in total. The zero-order chi connectivity index (χ0) is 9.26. The van der Waals surface area contributed by atoms with Crippen LogP contribution in [0.15, 0.2) is 24.3 Å². The first kappa shape index (κ1) is 9.04. The van der Waals surface area contributed by atoms with E-state index in [1.807, 2.05) is 12.1 Å². The number of halogens is 1. The molecule has 1 aromatic rings. The second-order valence-electron chi connectivity index (χ2n) is 3.75. The van der Waals surface area contributed by atoms with Gasteiger partial charge in [0.1, 0.15) is 0 Å². The fourth-order valence-corrected chi connectivity index (χ4v) is 2.08. The first-order valence-corrected chi connectivity index (χ1v) is 5.14. The van der Waals surface area contributed by atoms with E-state index >= 15 is 0 Å². The van der Waals surface area contributed by atoms with E-state index in [4.69, 9.17) is 11.6 Å². The molecule has 0 aromatic heterocycles. The molecule has 2 rings (SSSR count). The topological polar surface area (TPSA) is 12.0 Å². The van der Waals surface area contributed by atoms with Gasteiger partial charge in [0.25, 0.3) is 0 Å². The second kappa shape index (κ2) is 3.69. The quantitative estimate of drug-likeness (QED) is 0.727. The van der Waals surface area contributed by atoms with Gasteiger partial charge in [-0.3, -0.25) is 0 Å². The van der Waals surface area contributed by atoms with Gasteiger partial charge in [-0.15, -0.1) is 0 Å². The average Bonchev–Trinajstić information content (AvgIpc) is 2.53. The minimum absolute atomic E-state index is 0.525. The summed E-state index contributed by atoms with van der Waals surface area (Å²) in [5.41, 5.74) is 1.36. The minimum Gasteiger partial charge on any atom is -0.310 e. The van der Waals surface area contributed by atoms with Gasteiger partial charge in [-0.1, -0.05) is 30.7 Å². The third kappa shape index (κ3) is 1.87. The number of hydrogen-bond donors (Lipinski definition) is 1.